The van der Waals surface area contributed by atoms with Crippen molar-refractivity contribution in [1.82, 2.24) is 5.01 Å². The van der Waals surface area contributed by atoms with Crippen LogP contribution in [0, 0.1) is 39.6 Å². The normalized spacial score (nSPS) is 26.5. The van der Waals surface area contributed by atoms with E-state index < -0.39 is 69.4 Å². The van der Waals surface area contributed by atoms with E-state index >= 15 is 4.79 Å². The Labute approximate surface area is 305 Å². The smallest absolute Gasteiger partial charge is 0.271 e. The standard InChI is InChI=1S/C38H27Cl2FN4O7/c39-20-6-4-19(5-7-20)38-30(35(48)44(37(38)50)42-22-10-8-21(41)9-11-22)18-29-26(33(38)27-13-12-25(46)17-31(27)40)14-15-28-32(29)36(49)43(34(28)47)23-2-1-3-24(16-23)45(51)52/h1-14,16-17,28-30,32-33,42,46H,15,18H2. The summed E-state index contributed by atoms with van der Waals surface area (Å²) < 4.78 is 13.8. The van der Waals surface area contributed by atoms with E-state index in [0.717, 1.165) is 9.91 Å². The topological polar surface area (TPSA) is 150 Å². The van der Waals surface area contributed by atoms with Gasteiger partial charge in [0, 0.05) is 28.1 Å². The van der Waals surface area contributed by atoms with E-state index in [0.29, 0.717) is 21.7 Å². The summed E-state index contributed by atoms with van der Waals surface area (Å²) in [5.41, 5.74) is 2.74. The first kappa shape index (κ1) is 33.5. The summed E-state index contributed by atoms with van der Waals surface area (Å²) in [6.07, 6.45) is 1.93. The number of rotatable bonds is 6. The van der Waals surface area contributed by atoms with E-state index in [1.165, 1.54) is 60.7 Å². The molecular weight excluding hydrogens is 714 g/mol. The summed E-state index contributed by atoms with van der Waals surface area (Å²) in [7, 11) is 0. The van der Waals surface area contributed by atoms with Gasteiger partial charge >= 0.3 is 0 Å². The lowest BCUT2D eigenvalue weighted by Gasteiger charge is -2.50. The number of amides is 4. The van der Waals surface area contributed by atoms with E-state index in [2.05, 4.69) is 5.43 Å². The third-order valence-corrected chi connectivity index (χ3v) is 11.4. The number of non-ortho nitro benzene ring substituents is 1. The second-order valence-electron chi connectivity index (χ2n) is 13.4. The Hall–Kier alpha value is -5.59. The number of hydrogen-bond donors (Lipinski definition) is 2. The Bertz CT molecular complexity index is 2250. The Morgan fingerprint density at radius 3 is 2.31 bits per heavy atom. The molecule has 6 atom stereocenters. The number of phenols is 1. The Balaban J connectivity index is 1.32. The number of anilines is 2. The zero-order valence-corrected chi connectivity index (χ0v) is 28.4. The minimum Gasteiger partial charge on any atom is -0.508 e. The lowest BCUT2D eigenvalue weighted by molar-refractivity contribution is -0.384. The molecule has 0 radical (unpaired) electrons. The Morgan fingerprint density at radius 2 is 1.62 bits per heavy atom. The summed E-state index contributed by atoms with van der Waals surface area (Å²) in [4.78, 5) is 70.2. The molecule has 2 saturated heterocycles. The van der Waals surface area contributed by atoms with Crippen LogP contribution < -0.4 is 10.3 Å². The number of imide groups is 2. The molecule has 0 bridgehead atoms. The monoisotopic (exact) mass is 740 g/mol. The van der Waals surface area contributed by atoms with Crippen molar-refractivity contribution in [1.29, 1.82) is 0 Å². The van der Waals surface area contributed by atoms with Gasteiger partial charge < -0.3 is 5.11 Å². The fraction of sp³-hybridized carbons (Fsp3) is 0.211. The summed E-state index contributed by atoms with van der Waals surface area (Å²) in [5.74, 6) is -7.59. The second kappa shape index (κ2) is 12.3. The molecule has 52 heavy (non-hydrogen) atoms. The molecule has 8 rings (SSSR count). The van der Waals surface area contributed by atoms with Crippen molar-refractivity contribution in [2.24, 2.45) is 23.7 Å². The molecule has 11 nitrogen and oxygen atoms in total. The molecule has 2 aliphatic carbocycles. The summed E-state index contributed by atoms with van der Waals surface area (Å²) in [6, 6.07) is 21.3. The van der Waals surface area contributed by atoms with Gasteiger partial charge in [-0.25, -0.2) is 9.29 Å². The van der Waals surface area contributed by atoms with Crippen molar-refractivity contribution >= 4 is 63.9 Å². The third kappa shape index (κ3) is 4.92. The molecule has 4 aromatic carbocycles. The van der Waals surface area contributed by atoms with Crippen LogP contribution >= 0.6 is 23.2 Å². The molecule has 0 aromatic heterocycles. The molecule has 262 valence electrons. The molecule has 14 heteroatoms. The maximum atomic E-state index is 15.2. The first-order valence-corrected chi connectivity index (χ1v) is 17.1. The average molecular weight is 742 g/mol. The van der Waals surface area contributed by atoms with Gasteiger partial charge in [0.2, 0.25) is 11.8 Å². The Kier molecular flexibility index (Phi) is 7.92. The second-order valence-corrected chi connectivity index (χ2v) is 14.2. The molecule has 2 N–H and O–H groups in total. The number of halogens is 3. The van der Waals surface area contributed by atoms with Crippen LogP contribution in [0.3, 0.4) is 0 Å². The molecule has 4 aromatic rings. The van der Waals surface area contributed by atoms with E-state index in [-0.39, 0.29) is 40.7 Å². The van der Waals surface area contributed by atoms with Crippen molar-refractivity contribution in [2.45, 2.75) is 24.2 Å². The lowest BCUT2D eigenvalue weighted by atomic mass is 9.49. The zero-order valence-electron chi connectivity index (χ0n) is 26.9. The SMILES string of the molecule is O=C1C2CC3C(=CCC4C(=O)N(c5cccc([N+](=O)[O-])c5)C(=O)C43)C(c3ccc(O)cc3Cl)C2(c2ccc(Cl)cc2)C(=O)N1Nc1ccc(F)cc1. The number of hydrogen-bond acceptors (Lipinski definition) is 8. The highest BCUT2D eigenvalue weighted by atomic mass is 35.5. The van der Waals surface area contributed by atoms with Crippen LogP contribution in [0.4, 0.5) is 21.5 Å². The highest BCUT2D eigenvalue weighted by Gasteiger charge is 2.70. The summed E-state index contributed by atoms with van der Waals surface area (Å²) >= 11 is 13.2. The van der Waals surface area contributed by atoms with Gasteiger partial charge in [0.15, 0.2) is 0 Å². The van der Waals surface area contributed by atoms with Crippen LogP contribution in [0.15, 0.2) is 103 Å². The number of nitro benzene ring substituents is 1. The first-order valence-electron chi connectivity index (χ1n) is 16.4. The van der Waals surface area contributed by atoms with E-state index in [1.807, 2.05) is 6.08 Å². The molecule has 2 heterocycles. The van der Waals surface area contributed by atoms with Gasteiger partial charge in [0.05, 0.1) is 39.5 Å². The van der Waals surface area contributed by atoms with Gasteiger partial charge in [-0.05, 0) is 84.5 Å². The number of aromatic hydroxyl groups is 1. The highest BCUT2D eigenvalue weighted by Crippen LogP contribution is 2.65. The van der Waals surface area contributed by atoms with Crippen LogP contribution in [0.25, 0.3) is 0 Å². The number of carbonyl (C=O) groups is 4. The zero-order chi connectivity index (χ0) is 36.6. The van der Waals surface area contributed by atoms with Crippen molar-refractivity contribution in [3.05, 3.63) is 140 Å². The van der Waals surface area contributed by atoms with Gasteiger partial charge in [-0.15, -0.1) is 0 Å². The third-order valence-electron chi connectivity index (χ3n) is 10.8. The molecule has 6 unspecified atom stereocenters. The number of benzene rings is 4. The van der Waals surface area contributed by atoms with Crippen molar-refractivity contribution in [3.63, 3.8) is 0 Å². The molecule has 2 aliphatic heterocycles. The maximum absolute atomic E-state index is 15.2. The van der Waals surface area contributed by atoms with Crippen LogP contribution in [0.5, 0.6) is 5.75 Å². The minimum absolute atomic E-state index is 0.0181. The fourth-order valence-electron chi connectivity index (χ4n) is 8.75. The maximum Gasteiger partial charge on any atom is 0.271 e. The van der Waals surface area contributed by atoms with Gasteiger partial charge in [0.25, 0.3) is 17.5 Å². The molecule has 4 aliphatic rings. The quantitative estimate of drug-likeness (QED) is 0.0935. The minimum atomic E-state index is -1.66. The number of carbonyl (C=O) groups excluding carboxylic acids is 4. The number of fused-ring (bicyclic) bond motifs is 4. The number of allylic oxidation sites excluding steroid dienone is 2. The molecular formula is C38H27Cl2FN4O7. The van der Waals surface area contributed by atoms with Crippen molar-refractivity contribution in [2.75, 3.05) is 10.3 Å². The summed E-state index contributed by atoms with van der Waals surface area (Å²) in [5, 5.41) is 23.3. The lowest BCUT2D eigenvalue weighted by Crippen LogP contribution is -2.53. The van der Waals surface area contributed by atoms with E-state index in [9.17, 15) is 34.0 Å². The van der Waals surface area contributed by atoms with Crippen LogP contribution in [0.1, 0.15) is 29.9 Å². The molecule has 3 fully saturated rings. The molecule has 0 spiro atoms. The Morgan fingerprint density at radius 1 is 0.885 bits per heavy atom. The van der Waals surface area contributed by atoms with E-state index in [1.54, 1.807) is 30.3 Å². The first-order chi connectivity index (χ1) is 24.9. The van der Waals surface area contributed by atoms with Crippen molar-refractivity contribution in [3.8, 4) is 5.75 Å². The fourth-order valence-corrected chi connectivity index (χ4v) is 9.16. The predicted octanol–water partition coefficient (Wildman–Crippen LogP) is 6.94. The number of hydrazine groups is 1. The predicted molar refractivity (Wildman–Crippen MR) is 188 cm³/mol. The van der Waals surface area contributed by atoms with E-state index in [4.69, 9.17) is 23.2 Å². The number of nitrogens with one attached hydrogen (secondary N) is 1. The van der Waals surface area contributed by atoms with Crippen LogP contribution in [0.2, 0.25) is 10.0 Å². The highest BCUT2D eigenvalue weighted by molar-refractivity contribution is 6.32. The van der Waals surface area contributed by atoms with Crippen LogP contribution in [-0.2, 0) is 24.6 Å². The summed E-state index contributed by atoms with van der Waals surface area (Å²) in [6.45, 7) is 0. The molecule has 1 saturated carbocycles. The number of phenolic OH excluding ortho intramolecular Hbond substituents is 1. The number of nitrogens with zero attached hydrogens (tertiary/aromatic N) is 3. The van der Waals surface area contributed by atoms with Gasteiger partial charge in [-0.3, -0.25) is 34.7 Å². The van der Waals surface area contributed by atoms with Crippen LogP contribution in [-0.4, -0.2) is 38.7 Å². The average Bonchev–Trinajstić information content (AvgIpc) is 3.50. The van der Waals surface area contributed by atoms with Gasteiger partial charge in [-0.1, -0.05) is 59.1 Å². The van der Waals surface area contributed by atoms with Gasteiger partial charge in [-0.2, -0.15) is 5.01 Å². The largest absolute Gasteiger partial charge is 0.508 e. The van der Waals surface area contributed by atoms with Crippen molar-refractivity contribution < 1.29 is 33.6 Å². The van der Waals surface area contributed by atoms with Gasteiger partial charge in [0.1, 0.15) is 11.6 Å². The molecule has 4 amide bonds. The number of nitro groups is 1.